The van der Waals surface area contributed by atoms with Crippen molar-refractivity contribution in [3.05, 3.63) is 57.3 Å². The average Bonchev–Trinajstić information content (AvgIpc) is 3.31. The van der Waals surface area contributed by atoms with Gasteiger partial charge in [0.05, 0.1) is 12.2 Å². The van der Waals surface area contributed by atoms with Crippen molar-refractivity contribution in [3.8, 4) is 20.9 Å². The lowest BCUT2D eigenvalue weighted by atomic mass is 9.91. The third-order valence-corrected chi connectivity index (χ3v) is 7.03. The van der Waals surface area contributed by atoms with Crippen LogP contribution in [0.5, 0.6) is 0 Å². The Labute approximate surface area is 177 Å². The van der Waals surface area contributed by atoms with Gasteiger partial charge in [-0.05, 0) is 104 Å². The van der Waals surface area contributed by atoms with E-state index in [9.17, 15) is 0 Å². The minimum absolute atomic E-state index is 0.290. The van der Waals surface area contributed by atoms with E-state index in [1.54, 1.807) is 22.7 Å². The number of thiophene rings is 2. The molecule has 0 atom stereocenters. The summed E-state index contributed by atoms with van der Waals surface area (Å²) in [7, 11) is 0. The molecule has 0 bridgehead atoms. The topological polar surface area (TPSA) is 18.5 Å². The molecule has 150 valence electrons. The summed E-state index contributed by atoms with van der Waals surface area (Å²) in [5.41, 5.74) is 7.47. The fourth-order valence-electron chi connectivity index (χ4n) is 3.63. The Morgan fingerprint density at radius 2 is 1.46 bits per heavy atom. The van der Waals surface area contributed by atoms with E-state index in [1.807, 2.05) is 6.92 Å². The van der Waals surface area contributed by atoms with Gasteiger partial charge in [-0.3, -0.25) is 0 Å². The van der Waals surface area contributed by atoms with Crippen LogP contribution in [-0.2, 0) is 21.7 Å². The Hall–Kier alpha value is -1.46. The third kappa shape index (κ3) is 4.25. The number of aryl methyl sites for hydroxylation is 2. The van der Waals surface area contributed by atoms with Crippen LogP contribution in [-0.4, -0.2) is 13.2 Å². The highest BCUT2D eigenvalue weighted by atomic mass is 32.1. The molecule has 3 rings (SSSR count). The van der Waals surface area contributed by atoms with Crippen molar-refractivity contribution in [1.82, 2.24) is 0 Å². The smallest absolute Gasteiger partial charge is 0.0889 e. The third-order valence-electron chi connectivity index (χ3n) is 5.09. The van der Waals surface area contributed by atoms with E-state index in [-0.39, 0.29) is 5.60 Å². The van der Waals surface area contributed by atoms with Crippen molar-refractivity contribution < 1.29 is 9.47 Å². The van der Waals surface area contributed by atoms with Crippen LogP contribution in [0.1, 0.15) is 49.9 Å². The predicted molar refractivity (Wildman–Crippen MR) is 123 cm³/mol. The number of hydrogen-bond acceptors (Lipinski definition) is 4. The molecular formula is C24H30O2S2. The van der Waals surface area contributed by atoms with Gasteiger partial charge in [-0.2, -0.15) is 0 Å². The van der Waals surface area contributed by atoms with E-state index in [0.29, 0.717) is 13.2 Å². The maximum atomic E-state index is 6.04. The standard InChI is InChI=1S/C24H30O2S2/c1-7-25-15-18-9-11-27-22(18)19-13-17(4)20(14-16(19)3)23-21(10-12-28-23)24(5,6)26-8-2/h9-14H,7-8,15H2,1-6H3. The highest BCUT2D eigenvalue weighted by molar-refractivity contribution is 7.14. The lowest BCUT2D eigenvalue weighted by Crippen LogP contribution is -2.21. The van der Waals surface area contributed by atoms with Crippen LogP contribution in [0.4, 0.5) is 0 Å². The summed E-state index contributed by atoms with van der Waals surface area (Å²) >= 11 is 3.59. The molecule has 2 heterocycles. The first-order valence-electron chi connectivity index (χ1n) is 9.87. The Balaban J connectivity index is 2.04. The molecule has 0 radical (unpaired) electrons. The molecular weight excluding hydrogens is 384 g/mol. The first-order valence-corrected chi connectivity index (χ1v) is 11.6. The van der Waals surface area contributed by atoms with E-state index in [1.165, 1.54) is 43.1 Å². The zero-order valence-corrected chi connectivity index (χ0v) is 19.4. The van der Waals surface area contributed by atoms with Crippen molar-refractivity contribution in [2.24, 2.45) is 0 Å². The van der Waals surface area contributed by atoms with Crippen molar-refractivity contribution in [2.75, 3.05) is 13.2 Å². The zero-order valence-electron chi connectivity index (χ0n) is 17.7. The predicted octanol–water partition coefficient (Wildman–Crippen LogP) is 7.57. The first-order chi connectivity index (χ1) is 13.4. The summed E-state index contributed by atoms with van der Waals surface area (Å²) in [6, 6.07) is 9.06. The summed E-state index contributed by atoms with van der Waals surface area (Å²) in [5, 5.41) is 4.34. The van der Waals surface area contributed by atoms with E-state index in [2.05, 4.69) is 69.6 Å². The molecule has 0 saturated heterocycles. The highest BCUT2D eigenvalue weighted by Gasteiger charge is 2.26. The van der Waals surface area contributed by atoms with Crippen LogP contribution in [0.3, 0.4) is 0 Å². The number of hydrogen-bond donors (Lipinski definition) is 0. The molecule has 0 aliphatic heterocycles. The van der Waals surface area contributed by atoms with Gasteiger partial charge in [0.2, 0.25) is 0 Å². The second-order valence-electron chi connectivity index (χ2n) is 7.50. The maximum absolute atomic E-state index is 6.04. The van der Waals surface area contributed by atoms with Crippen LogP contribution in [0.15, 0.2) is 35.0 Å². The van der Waals surface area contributed by atoms with Crippen molar-refractivity contribution in [1.29, 1.82) is 0 Å². The largest absolute Gasteiger partial charge is 0.377 e. The molecule has 0 fully saturated rings. The number of rotatable bonds is 8. The molecule has 0 amide bonds. The molecule has 2 aromatic heterocycles. The average molecular weight is 415 g/mol. The van der Waals surface area contributed by atoms with Crippen LogP contribution >= 0.6 is 22.7 Å². The SMILES string of the molecule is CCOCc1ccsc1-c1cc(C)c(-c2sccc2C(C)(C)OCC)cc1C. The second kappa shape index (κ2) is 8.91. The lowest BCUT2D eigenvalue weighted by Gasteiger charge is -2.26. The van der Waals surface area contributed by atoms with Gasteiger partial charge in [0.15, 0.2) is 0 Å². The van der Waals surface area contributed by atoms with Gasteiger partial charge in [-0.1, -0.05) is 0 Å². The quantitative estimate of drug-likeness (QED) is 0.378. The molecule has 1 aromatic carbocycles. The number of benzene rings is 1. The van der Waals surface area contributed by atoms with E-state index in [0.717, 1.165) is 6.61 Å². The first kappa shape index (κ1) is 21.3. The second-order valence-corrected chi connectivity index (χ2v) is 9.33. The number of ether oxygens (including phenoxy) is 2. The van der Waals surface area contributed by atoms with Crippen LogP contribution in [0, 0.1) is 13.8 Å². The Kier molecular flexibility index (Phi) is 6.77. The summed E-state index contributed by atoms with van der Waals surface area (Å²) in [4.78, 5) is 2.63. The molecule has 3 aromatic rings. The van der Waals surface area contributed by atoms with Crippen LogP contribution < -0.4 is 0 Å². The lowest BCUT2D eigenvalue weighted by molar-refractivity contribution is -0.0133. The van der Waals surface area contributed by atoms with Gasteiger partial charge in [-0.15, -0.1) is 22.7 Å². The summed E-state index contributed by atoms with van der Waals surface area (Å²) in [6.07, 6.45) is 0. The minimum atomic E-state index is -0.290. The Morgan fingerprint density at radius 3 is 2.11 bits per heavy atom. The van der Waals surface area contributed by atoms with Gasteiger partial charge in [0.1, 0.15) is 0 Å². The van der Waals surface area contributed by atoms with E-state index < -0.39 is 0 Å². The van der Waals surface area contributed by atoms with Crippen molar-refractivity contribution >= 4 is 22.7 Å². The van der Waals surface area contributed by atoms with Gasteiger partial charge >= 0.3 is 0 Å². The summed E-state index contributed by atoms with van der Waals surface area (Å²) in [6.45, 7) is 15.0. The normalized spacial score (nSPS) is 11.9. The monoisotopic (exact) mass is 414 g/mol. The summed E-state index contributed by atoms with van der Waals surface area (Å²) in [5.74, 6) is 0. The highest BCUT2D eigenvalue weighted by Crippen LogP contribution is 2.42. The molecule has 28 heavy (non-hydrogen) atoms. The fourth-order valence-corrected chi connectivity index (χ4v) is 5.76. The van der Waals surface area contributed by atoms with Crippen molar-refractivity contribution in [2.45, 2.75) is 53.8 Å². The van der Waals surface area contributed by atoms with Crippen molar-refractivity contribution in [3.63, 3.8) is 0 Å². The van der Waals surface area contributed by atoms with Crippen LogP contribution in [0.2, 0.25) is 0 Å². The summed E-state index contributed by atoms with van der Waals surface area (Å²) < 4.78 is 11.7. The molecule has 0 aliphatic carbocycles. The minimum Gasteiger partial charge on any atom is -0.377 e. The molecule has 2 nitrogen and oxygen atoms in total. The molecule has 0 N–H and O–H groups in total. The molecule has 0 unspecified atom stereocenters. The van der Waals surface area contributed by atoms with Crippen LogP contribution in [0.25, 0.3) is 20.9 Å². The Bertz CT molecular complexity index is 934. The molecule has 4 heteroatoms. The zero-order chi connectivity index (χ0) is 20.3. The van der Waals surface area contributed by atoms with E-state index >= 15 is 0 Å². The van der Waals surface area contributed by atoms with Gasteiger partial charge in [-0.25, -0.2) is 0 Å². The maximum Gasteiger partial charge on any atom is 0.0889 e. The van der Waals surface area contributed by atoms with Gasteiger partial charge < -0.3 is 9.47 Å². The van der Waals surface area contributed by atoms with E-state index in [4.69, 9.17) is 9.47 Å². The fraction of sp³-hybridized carbons (Fsp3) is 0.417. The van der Waals surface area contributed by atoms with Gasteiger partial charge in [0.25, 0.3) is 0 Å². The Morgan fingerprint density at radius 1 is 0.857 bits per heavy atom. The van der Waals surface area contributed by atoms with Gasteiger partial charge in [0, 0.05) is 28.5 Å². The molecule has 0 saturated carbocycles. The molecule has 0 spiro atoms. The molecule has 0 aliphatic rings.